The van der Waals surface area contributed by atoms with Gasteiger partial charge in [-0.15, -0.1) is 32.9 Å². The van der Waals surface area contributed by atoms with Crippen molar-refractivity contribution in [2.75, 3.05) is 20.6 Å². The van der Waals surface area contributed by atoms with E-state index in [1.54, 1.807) is 35.2 Å². The van der Waals surface area contributed by atoms with Crippen molar-refractivity contribution >= 4 is 34.5 Å². The Labute approximate surface area is 229 Å². The van der Waals surface area contributed by atoms with Crippen molar-refractivity contribution in [2.45, 2.75) is 62.6 Å². The van der Waals surface area contributed by atoms with E-state index in [4.69, 9.17) is 0 Å². The smallest absolute Gasteiger partial charge is 0.263 e. The van der Waals surface area contributed by atoms with Crippen LogP contribution in [0.3, 0.4) is 0 Å². The van der Waals surface area contributed by atoms with Crippen molar-refractivity contribution in [3.05, 3.63) is 49.1 Å². The van der Waals surface area contributed by atoms with Gasteiger partial charge in [0.2, 0.25) is 5.91 Å². The van der Waals surface area contributed by atoms with Gasteiger partial charge in [-0.05, 0) is 73.6 Å². The first-order valence-electron chi connectivity index (χ1n) is 12.9. The Morgan fingerprint density at radius 1 is 1.32 bits per heavy atom. The lowest BCUT2D eigenvalue weighted by molar-refractivity contribution is -0.131. The SMILES string of the molecule is C[C@H](CC1(c2nn[nH]n2)c2sccc2CCc2cc(C(=O)N(C)C)sc21)NCC(=O)N1[C@H](C#N)C[C@@H]2C[C@@H]21. The van der Waals surface area contributed by atoms with Crippen molar-refractivity contribution in [3.63, 3.8) is 0 Å². The van der Waals surface area contributed by atoms with Crippen molar-refractivity contribution in [1.82, 2.24) is 35.7 Å². The Bertz CT molecular complexity index is 1410. The average molecular weight is 551 g/mol. The molecule has 1 saturated carbocycles. The molecule has 0 spiro atoms. The van der Waals surface area contributed by atoms with Crippen LogP contribution in [0.15, 0.2) is 17.5 Å². The zero-order valence-corrected chi connectivity index (χ0v) is 23.2. The highest BCUT2D eigenvalue weighted by Gasteiger charge is 2.54. The van der Waals surface area contributed by atoms with Gasteiger partial charge in [0.1, 0.15) is 11.5 Å². The maximum absolute atomic E-state index is 13.1. The Kier molecular flexibility index (Phi) is 6.32. The number of likely N-dealkylation sites (tertiary alicyclic amines) is 1. The standard InChI is InChI=1S/C26H30N8O2S2/c1-14(28-13-21(35)34-18(12-27)8-17-9-19(17)34)11-26(25-29-31-32-30-25)22-15(6-7-37-22)4-5-16-10-20(38-23(16)26)24(36)33(2)3/h6-7,10,14,17-19,28H,4-5,8-9,11,13H2,1-3H3,(H,29,30,31,32)/t14-,17-,18+,19+,26?/m1/s1. The van der Waals surface area contributed by atoms with Crippen molar-refractivity contribution in [2.24, 2.45) is 5.92 Å². The minimum absolute atomic E-state index is 0.0182. The molecular formula is C26H30N8O2S2. The zero-order valence-electron chi connectivity index (χ0n) is 21.6. The number of carbonyl (C=O) groups excluding carboxylic acids is 2. The molecule has 4 heterocycles. The minimum atomic E-state index is -0.711. The monoisotopic (exact) mass is 550 g/mol. The second-order valence-electron chi connectivity index (χ2n) is 10.8. The van der Waals surface area contributed by atoms with E-state index >= 15 is 0 Å². The number of carbonyl (C=O) groups is 2. The summed E-state index contributed by atoms with van der Waals surface area (Å²) < 4.78 is 0. The molecule has 10 nitrogen and oxygen atoms in total. The van der Waals surface area contributed by atoms with E-state index in [0.717, 1.165) is 41.0 Å². The summed E-state index contributed by atoms with van der Waals surface area (Å²) in [6.07, 6.45) is 4.08. The maximum atomic E-state index is 13.1. The number of piperidine rings is 1. The normalized spacial score (nSPS) is 26.1. The number of rotatable bonds is 7. The quantitative estimate of drug-likeness (QED) is 0.462. The number of nitriles is 1. The molecule has 2 fully saturated rings. The Morgan fingerprint density at radius 3 is 2.87 bits per heavy atom. The summed E-state index contributed by atoms with van der Waals surface area (Å²) >= 11 is 3.19. The van der Waals surface area contributed by atoms with Gasteiger partial charge in [0.25, 0.3) is 5.91 Å². The van der Waals surface area contributed by atoms with E-state index in [1.807, 2.05) is 6.07 Å². The summed E-state index contributed by atoms with van der Waals surface area (Å²) in [6, 6.07) is 6.32. The van der Waals surface area contributed by atoms with Crippen LogP contribution in [0.25, 0.3) is 0 Å². The fourth-order valence-corrected chi connectivity index (χ4v) is 8.88. The number of amides is 2. The molecule has 0 radical (unpaired) electrons. The van der Waals surface area contributed by atoms with Gasteiger partial charge in [0, 0.05) is 35.9 Å². The molecule has 2 aliphatic carbocycles. The molecule has 0 bridgehead atoms. The molecule has 198 valence electrons. The largest absolute Gasteiger partial charge is 0.344 e. The van der Waals surface area contributed by atoms with Crippen LogP contribution in [0.2, 0.25) is 0 Å². The van der Waals surface area contributed by atoms with E-state index in [1.165, 1.54) is 16.9 Å². The highest BCUT2D eigenvalue weighted by Crippen LogP contribution is 2.51. The molecule has 3 aliphatic rings. The fourth-order valence-electron chi connectivity index (χ4n) is 6.22. The first kappa shape index (κ1) is 25.2. The second kappa shape index (κ2) is 9.55. The predicted octanol–water partition coefficient (Wildman–Crippen LogP) is 2.34. The Balaban J connectivity index is 1.34. The number of aromatic nitrogens is 4. The van der Waals surface area contributed by atoms with Crippen LogP contribution >= 0.6 is 22.7 Å². The number of thiophene rings is 2. The Morgan fingerprint density at radius 2 is 2.13 bits per heavy atom. The third-order valence-electron chi connectivity index (χ3n) is 8.09. The van der Waals surface area contributed by atoms with Gasteiger partial charge in [-0.3, -0.25) is 9.59 Å². The van der Waals surface area contributed by atoms with Crippen molar-refractivity contribution in [1.29, 1.82) is 5.26 Å². The van der Waals surface area contributed by atoms with Crippen LogP contribution in [0.1, 0.15) is 62.6 Å². The predicted molar refractivity (Wildman–Crippen MR) is 143 cm³/mol. The molecule has 0 aromatic carbocycles. The van der Waals surface area contributed by atoms with Gasteiger partial charge in [0.05, 0.1) is 17.5 Å². The van der Waals surface area contributed by atoms with E-state index in [2.05, 4.69) is 50.4 Å². The third-order valence-corrected chi connectivity index (χ3v) is 10.5. The number of aromatic amines is 1. The third kappa shape index (κ3) is 4.04. The topological polar surface area (TPSA) is 131 Å². The molecule has 38 heavy (non-hydrogen) atoms. The summed E-state index contributed by atoms with van der Waals surface area (Å²) in [5.41, 5.74) is 1.67. The first-order chi connectivity index (χ1) is 18.3. The molecule has 2 N–H and O–H groups in total. The first-order valence-corrected chi connectivity index (χ1v) is 14.6. The lowest BCUT2D eigenvalue weighted by Gasteiger charge is -2.33. The van der Waals surface area contributed by atoms with Crippen molar-refractivity contribution in [3.8, 4) is 6.07 Å². The van der Waals surface area contributed by atoms with Crippen LogP contribution in [0.4, 0.5) is 0 Å². The summed E-state index contributed by atoms with van der Waals surface area (Å²) in [4.78, 5) is 32.4. The molecule has 5 atom stereocenters. The number of H-pyrrole nitrogens is 1. The van der Waals surface area contributed by atoms with Crippen molar-refractivity contribution < 1.29 is 9.59 Å². The number of hydrogen-bond donors (Lipinski definition) is 2. The Hall–Kier alpha value is -3.14. The summed E-state index contributed by atoms with van der Waals surface area (Å²) in [5, 5.41) is 30.6. The molecule has 3 aromatic heterocycles. The van der Waals surface area contributed by atoms with Gasteiger partial charge in [0.15, 0.2) is 5.82 Å². The summed E-state index contributed by atoms with van der Waals surface area (Å²) in [6.45, 7) is 2.24. The van der Waals surface area contributed by atoms with E-state index in [-0.39, 0.29) is 36.5 Å². The molecule has 1 saturated heterocycles. The molecule has 1 unspecified atom stereocenters. The van der Waals surface area contributed by atoms with Gasteiger partial charge < -0.3 is 15.1 Å². The maximum Gasteiger partial charge on any atom is 0.263 e. The van der Waals surface area contributed by atoms with Gasteiger partial charge in [-0.1, -0.05) is 5.21 Å². The number of nitrogens with one attached hydrogen (secondary N) is 2. The lowest BCUT2D eigenvalue weighted by atomic mass is 9.76. The highest BCUT2D eigenvalue weighted by molar-refractivity contribution is 7.15. The summed E-state index contributed by atoms with van der Waals surface area (Å²) in [7, 11) is 3.53. The number of nitrogens with zero attached hydrogens (tertiary/aromatic N) is 6. The van der Waals surface area contributed by atoms with Crippen LogP contribution in [-0.4, -0.2) is 81.0 Å². The molecule has 2 amide bonds. The second-order valence-corrected chi connectivity index (χ2v) is 12.8. The summed E-state index contributed by atoms with van der Waals surface area (Å²) in [5.74, 6) is 1.02. The number of aryl methyl sites for hydroxylation is 2. The molecular weight excluding hydrogens is 520 g/mol. The molecule has 12 heteroatoms. The molecule has 1 aliphatic heterocycles. The average Bonchev–Trinajstić information content (AvgIpc) is 3.43. The van der Waals surface area contributed by atoms with Gasteiger partial charge >= 0.3 is 0 Å². The minimum Gasteiger partial charge on any atom is -0.344 e. The van der Waals surface area contributed by atoms with Crippen LogP contribution in [-0.2, 0) is 23.1 Å². The van der Waals surface area contributed by atoms with Gasteiger partial charge in [-0.25, -0.2) is 0 Å². The van der Waals surface area contributed by atoms with Crippen LogP contribution in [0.5, 0.6) is 0 Å². The van der Waals surface area contributed by atoms with Crippen LogP contribution in [0, 0.1) is 17.2 Å². The lowest BCUT2D eigenvalue weighted by Crippen LogP contribution is -2.46. The van der Waals surface area contributed by atoms with Crippen LogP contribution < -0.4 is 5.32 Å². The van der Waals surface area contributed by atoms with E-state index < -0.39 is 5.41 Å². The molecule has 3 aromatic rings. The molecule has 6 rings (SSSR count). The van der Waals surface area contributed by atoms with Gasteiger partial charge in [-0.2, -0.15) is 10.5 Å². The number of tetrazole rings is 1. The number of fused-ring (bicyclic) bond motifs is 3. The van der Waals surface area contributed by atoms with E-state index in [0.29, 0.717) is 23.0 Å². The highest BCUT2D eigenvalue weighted by atomic mass is 32.1. The fraction of sp³-hybridized carbons (Fsp3) is 0.538. The zero-order chi connectivity index (χ0) is 26.6. The number of hydrogen-bond acceptors (Lipinski definition) is 9. The van der Waals surface area contributed by atoms with E-state index in [9.17, 15) is 14.9 Å².